The molecular weight excluding hydrogens is 258 g/mol. The third-order valence-electron chi connectivity index (χ3n) is 3.75. The fraction of sp³-hybridized carbons (Fsp3) is 0.500. The Bertz CT molecular complexity index is 557. The summed E-state index contributed by atoms with van der Waals surface area (Å²) in [5.41, 5.74) is 7.25. The van der Waals surface area contributed by atoms with Gasteiger partial charge in [0.15, 0.2) is 0 Å². The van der Waals surface area contributed by atoms with E-state index in [0.29, 0.717) is 17.8 Å². The smallest absolute Gasteiger partial charge is 0.308 e. The lowest BCUT2D eigenvalue weighted by molar-refractivity contribution is -0.141. The Kier molecular flexibility index (Phi) is 3.92. The number of nitrogens with zero attached hydrogens (tertiary/aromatic N) is 1. The Labute approximate surface area is 117 Å². The van der Waals surface area contributed by atoms with E-state index < -0.39 is 17.8 Å². The van der Waals surface area contributed by atoms with Gasteiger partial charge in [-0.05, 0) is 38.3 Å². The van der Waals surface area contributed by atoms with Gasteiger partial charge in [0.2, 0.25) is 0 Å². The Hall–Kier alpha value is -2.11. The van der Waals surface area contributed by atoms with Gasteiger partial charge in [-0.25, -0.2) is 4.98 Å². The van der Waals surface area contributed by atoms with Crippen molar-refractivity contribution < 1.29 is 14.7 Å². The summed E-state index contributed by atoms with van der Waals surface area (Å²) in [6, 6.07) is 1.58. The molecule has 1 aliphatic rings. The van der Waals surface area contributed by atoms with Gasteiger partial charge in [0, 0.05) is 11.7 Å². The van der Waals surface area contributed by atoms with Crippen molar-refractivity contribution in [3.63, 3.8) is 0 Å². The van der Waals surface area contributed by atoms with Gasteiger partial charge in [0.1, 0.15) is 5.82 Å². The lowest BCUT2D eigenvalue weighted by atomic mass is 10.0. The molecule has 1 aromatic heterocycles. The molecule has 2 atom stereocenters. The van der Waals surface area contributed by atoms with Crippen molar-refractivity contribution in [3.8, 4) is 0 Å². The number of nitrogens with one attached hydrogen (secondary N) is 1. The van der Waals surface area contributed by atoms with Crippen LogP contribution in [0.4, 0.5) is 5.82 Å². The minimum Gasteiger partial charge on any atom is -0.481 e. The SMILES string of the molecule is Cc1cc(C)c(C(N)=O)c(NC2CCCC2C(=O)O)n1. The topological polar surface area (TPSA) is 105 Å². The van der Waals surface area contributed by atoms with E-state index in [2.05, 4.69) is 10.3 Å². The number of carboxylic acids is 1. The van der Waals surface area contributed by atoms with Crippen LogP contribution in [0.5, 0.6) is 0 Å². The van der Waals surface area contributed by atoms with Crippen LogP contribution in [-0.4, -0.2) is 28.0 Å². The van der Waals surface area contributed by atoms with Gasteiger partial charge in [0.05, 0.1) is 11.5 Å². The first-order chi connectivity index (χ1) is 9.40. The van der Waals surface area contributed by atoms with Crippen LogP contribution in [0.2, 0.25) is 0 Å². The van der Waals surface area contributed by atoms with E-state index in [-0.39, 0.29) is 6.04 Å². The van der Waals surface area contributed by atoms with E-state index in [1.807, 2.05) is 6.92 Å². The first-order valence-corrected chi connectivity index (χ1v) is 6.67. The zero-order chi connectivity index (χ0) is 14.9. The fourth-order valence-corrected chi connectivity index (χ4v) is 2.86. The molecule has 0 spiro atoms. The van der Waals surface area contributed by atoms with Crippen LogP contribution in [0.15, 0.2) is 6.07 Å². The molecule has 4 N–H and O–H groups in total. The molecule has 6 heteroatoms. The summed E-state index contributed by atoms with van der Waals surface area (Å²) in [5.74, 6) is -1.42. The largest absolute Gasteiger partial charge is 0.481 e. The number of pyridine rings is 1. The van der Waals surface area contributed by atoms with Crippen molar-refractivity contribution in [2.45, 2.75) is 39.2 Å². The predicted octanol–water partition coefficient (Wildman–Crippen LogP) is 1.46. The Balaban J connectivity index is 2.33. The minimum absolute atomic E-state index is 0.209. The van der Waals surface area contributed by atoms with E-state index >= 15 is 0 Å². The van der Waals surface area contributed by atoms with E-state index in [1.165, 1.54) is 0 Å². The van der Waals surface area contributed by atoms with Gasteiger partial charge < -0.3 is 16.2 Å². The highest BCUT2D eigenvalue weighted by Gasteiger charge is 2.33. The van der Waals surface area contributed by atoms with Crippen molar-refractivity contribution in [1.82, 2.24) is 4.98 Å². The van der Waals surface area contributed by atoms with Crippen LogP contribution in [0, 0.1) is 19.8 Å². The van der Waals surface area contributed by atoms with E-state index in [9.17, 15) is 14.7 Å². The summed E-state index contributed by atoms with van der Waals surface area (Å²) < 4.78 is 0. The third kappa shape index (κ3) is 2.74. The van der Waals surface area contributed by atoms with Crippen molar-refractivity contribution in [2.24, 2.45) is 11.7 Å². The van der Waals surface area contributed by atoms with Crippen LogP contribution in [0.25, 0.3) is 0 Å². The van der Waals surface area contributed by atoms with Crippen molar-refractivity contribution in [2.75, 3.05) is 5.32 Å². The van der Waals surface area contributed by atoms with Crippen molar-refractivity contribution in [1.29, 1.82) is 0 Å². The lowest BCUT2D eigenvalue weighted by Crippen LogP contribution is -2.31. The highest BCUT2D eigenvalue weighted by atomic mass is 16.4. The van der Waals surface area contributed by atoms with Gasteiger partial charge >= 0.3 is 5.97 Å². The number of anilines is 1. The van der Waals surface area contributed by atoms with E-state index in [1.54, 1.807) is 13.0 Å². The molecule has 6 nitrogen and oxygen atoms in total. The quantitative estimate of drug-likeness (QED) is 0.772. The lowest BCUT2D eigenvalue weighted by Gasteiger charge is -2.20. The fourth-order valence-electron chi connectivity index (χ4n) is 2.86. The molecule has 1 heterocycles. The molecule has 20 heavy (non-hydrogen) atoms. The van der Waals surface area contributed by atoms with Gasteiger partial charge in [-0.1, -0.05) is 6.42 Å². The molecule has 1 aliphatic carbocycles. The second-order valence-electron chi connectivity index (χ2n) is 5.29. The summed E-state index contributed by atoms with van der Waals surface area (Å²) in [4.78, 5) is 27.1. The molecule has 0 radical (unpaired) electrons. The normalized spacial score (nSPS) is 21.7. The van der Waals surface area contributed by atoms with Crippen LogP contribution >= 0.6 is 0 Å². The number of nitrogens with two attached hydrogens (primary N) is 1. The summed E-state index contributed by atoms with van der Waals surface area (Å²) in [5, 5.41) is 12.3. The zero-order valence-corrected chi connectivity index (χ0v) is 11.6. The van der Waals surface area contributed by atoms with Crippen LogP contribution < -0.4 is 11.1 Å². The zero-order valence-electron chi connectivity index (χ0n) is 11.6. The average molecular weight is 277 g/mol. The number of hydrogen-bond acceptors (Lipinski definition) is 4. The molecular formula is C14H19N3O3. The second kappa shape index (κ2) is 5.48. The highest BCUT2D eigenvalue weighted by Crippen LogP contribution is 2.30. The molecule has 2 rings (SSSR count). The number of carboxylic acid groups (broad SMARTS) is 1. The Morgan fingerprint density at radius 2 is 2.10 bits per heavy atom. The van der Waals surface area contributed by atoms with Crippen molar-refractivity contribution >= 4 is 17.7 Å². The molecule has 1 aromatic rings. The number of amides is 1. The van der Waals surface area contributed by atoms with Gasteiger partial charge in [-0.15, -0.1) is 0 Å². The molecule has 1 fully saturated rings. The van der Waals surface area contributed by atoms with Crippen LogP contribution in [0.3, 0.4) is 0 Å². The minimum atomic E-state index is -0.815. The molecule has 0 aliphatic heterocycles. The molecule has 0 saturated heterocycles. The van der Waals surface area contributed by atoms with E-state index in [4.69, 9.17) is 5.73 Å². The number of carbonyl (C=O) groups excluding carboxylic acids is 1. The van der Waals surface area contributed by atoms with Gasteiger partial charge in [0.25, 0.3) is 5.91 Å². The molecule has 108 valence electrons. The monoisotopic (exact) mass is 277 g/mol. The summed E-state index contributed by atoms with van der Waals surface area (Å²) in [6.07, 6.45) is 2.25. The highest BCUT2D eigenvalue weighted by molar-refractivity contribution is 5.99. The summed E-state index contributed by atoms with van der Waals surface area (Å²) in [7, 11) is 0. The number of aryl methyl sites for hydroxylation is 2. The number of carbonyl (C=O) groups is 2. The molecule has 0 aromatic carbocycles. The predicted molar refractivity (Wildman–Crippen MR) is 74.6 cm³/mol. The number of primary amides is 1. The summed E-state index contributed by atoms with van der Waals surface area (Å²) >= 11 is 0. The maximum Gasteiger partial charge on any atom is 0.308 e. The Morgan fingerprint density at radius 1 is 1.40 bits per heavy atom. The van der Waals surface area contributed by atoms with Crippen LogP contribution in [0.1, 0.15) is 40.9 Å². The molecule has 1 amide bonds. The number of aliphatic carboxylic acids is 1. The van der Waals surface area contributed by atoms with Crippen molar-refractivity contribution in [3.05, 3.63) is 22.9 Å². The van der Waals surface area contributed by atoms with E-state index in [0.717, 1.165) is 24.1 Å². The number of aromatic nitrogens is 1. The second-order valence-corrected chi connectivity index (χ2v) is 5.29. The molecule has 2 unspecified atom stereocenters. The average Bonchev–Trinajstić information content (AvgIpc) is 2.75. The number of rotatable bonds is 4. The first-order valence-electron chi connectivity index (χ1n) is 6.67. The number of hydrogen-bond donors (Lipinski definition) is 3. The van der Waals surface area contributed by atoms with Gasteiger partial charge in [-0.2, -0.15) is 0 Å². The molecule has 0 bridgehead atoms. The maximum absolute atomic E-state index is 11.6. The Morgan fingerprint density at radius 3 is 2.70 bits per heavy atom. The summed E-state index contributed by atoms with van der Waals surface area (Å²) in [6.45, 7) is 3.62. The third-order valence-corrected chi connectivity index (χ3v) is 3.75. The maximum atomic E-state index is 11.6. The molecule has 1 saturated carbocycles. The standard InChI is InChI=1S/C14H19N3O3/c1-7-6-8(2)16-13(11(7)12(15)18)17-10-5-3-4-9(10)14(19)20/h6,9-10H,3-5H2,1-2H3,(H2,15,18)(H,16,17)(H,19,20). The van der Waals surface area contributed by atoms with Gasteiger partial charge in [-0.3, -0.25) is 9.59 Å². The van der Waals surface area contributed by atoms with Crippen LogP contribution in [-0.2, 0) is 4.79 Å². The first kappa shape index (κ1) is 14.3.